The number of anilines is 2. The molecule has 0 spiro atoms. The largest absolute Gasteiger partial charge is 0.461 e. The summed E-state index contributed by atoms with van der Waals surface area (Å²) in [5.74, 6) is 0.665. The van der Waals surface area contributed by atoms with Crippen LogP contribution in [0.5, 0.6) is 0 Å². The van der Waals surface area contributed by atoms with Gasteiger partial charge in [-0.25, -0.2) is 0 Å². The average Bonchev–Trinajstić information content (AvgIpc) is 3.41. The van der Waals surface area contributed by atoms with Crippen LogP contribution in [-0.4, -0.2) is 26.7 Å². The van der Waals surface area contributed by atoms with Crippen LogP contribution in [0.3, 0.4) is 0 Å². The Hall–Kier alpha value is -2.61. The second-order valence-corrected chi connectivity index (χ2v) is 9.10. The first kappa shape index (κ1) is 19.7. The predicted molar refractivity (Wildman–Crippen MR) is 112 cm³/mol. The third kappa shape index (κ3) is 3.94. The van der Waals surface area contributed by atoms with E-state index in [2.05, 4.69) is 16.6 Å². The number of furan rings is 1. The number of carbonyl (C=O) groups excluding carboxylic acids is 1. The van der Waals surface area contributed by atoms with E-state index in [-0.39, 0.29) is 16.7 Å². The molecule has 0 atom stereocenters. The zero-order valence-corrected chi connectivity index (χ0v) is 17.2. The Kier molecular flexibility index (Phi) is 5.45. The van der Waals surface area contributed by atoms with E-state index in [0.29, 0.717) is 29.5 Å². The molecule has 29 heavy (non-hydrogen) atoms. The fourth-order valence-electron chi connectivity index (χ4n) is 3.91. The first-order valence-corrected chi connectivity index (χ1v) is 11.5. The average molecular weight is 416 g/mol. The van der Waals surface area contributed by atoms with Crippen LogP contribution < -0.4 is 10.2 Å². The van der Waals surface area contributed by atoms with Crippen molar-refractivity contribution in [2.24, 2.45) is 10.3 Å². The lowest BCUT2D eigenvalue weighted by atomic mass is 10.1. The number of carbonyl (C=O) groups is 1. The Balaban J connectivity index is 1.70. The van der Waals surface area contributed by atoms with Crippen molar-refractivity contribution in [1.82, 2.24) is 0 Å². The second kappa shape index (κ2) is 8.02. The summed E-state index contributed by atoms with van der Waals surface area (Å²) in [6.45, 7) is 2.69. The number of amides is 1. The van der Waals surface area contributed by atoms with Crippen molar-refractivity contribution in [2.45, 2.75) is 50.3 Å². The van der Waals surface area contributed by atoms with Gasteiger partial charge in [0.05, 0.1) is 12.0 Å². The van der Waals surface area contributed by atoms with Crippen molar-refractivity contribution in [3.8, 4) is 0 Å². The van der Waals surface area contributed by atoms with Crippen LogP contribution in [0.15, 0.2) is 50.3 Å². The van der Waals surface area contributed by atoms with Gasteiger partial charge in [0.2, 0.25) is 5.91 Å². The zero-order valence-electron chi connectivity index (χ0n) is 16.4. The highest BCUT2D eigenvalue weighted by Gasteiger charge is 2.33. The molecule has 2 heterocycles. The van der Waals surface area contributed by atoms with Crippen molar-refractivity contribution in [2.75, 3.05) is 16.8 Å². The van der Waals surface area contributed by atoms with Crippen LogP contribution in [0.4, 0.5) is 11.4 Å². The summed E-state index contributed by atoms with van der Waals surface area (Å²) in [5, 5.41) is 2.88. The standard InChI is InChI=1S/C21H25N3O4S/c1-2-3-12-24-17-11-10-16(22-21(25)15-7-4-5-8-15)14-19(17)29(26,27)23-20(24)18-9-6-13-28-18/h6,9-11,13-15H,2-5,7-8,12H2,1H3,(H,22,25). The Morgan fingerprint density at radius 1 is 1.28 bits per heavy atom. The van der Waals surface area contributed by atoms with Gasteiger partial charge in [0.15, 0.2) is 11.6 Å². The summed E-state index contributed by atoms with van der Waals surface area (Å²) in [6.07, 6.45) is 7.23. The van der Waals surface area contributed by atoms with Gasteiger partial charge in [-0.1, -0.05) is 26.2 Å². The molecule has 8 heteroatoms. The van der Waals surface area contributed by atoms with E-state index >= 15 is 0 Å². The lowest BCUT2D eigenvalue weighted by Crippen LogP contribution is -2.37. The van der Waals surface area contributed by atoms with E-state index in [1.807, 2.05) is 4.90 Å². The predicted octanol–water partition coefficient (Wildman–Crippen LogP) is 4.16. The Labute approximate surface area is 170 Å². The lowest BCUT2D eigenvalue weighted by molar-refractivity contribution is -0.119. The molecular formula is C21H25N3O4S. The molecule has 2 aromatic rings. The third-order valence-electron chi connectivity index (χ3n) is 5.46. The number of fused-ring (bicyclic) bond motifs is 1. The van der Waals surface area contributed by atoms with Gasteiger partial charge in [0.25, 0.3) is 10.0 Å². The molecule has 1 N–H and O–H groups in total. The molecule has 0 radical (unpaired) electrons. The van der Waals surface area contributed by atoms with Crippen molar-refractivity contribution >= 4 is 33.1 Å². The third-order valence-corrected chi connectivity index (χ3v) is 6.76. The highest BCUT2D eigenvalue weighted by Crippen LogP contribution is 2.36. The SMILES string of the molecule is CCCCN1C(c2ccco2)=NS(=O)(=O)c2cc(NC(=O)C3CCCC3)ccc21. The van der Waals surface area contributed by atoms with Crippen LogP contribution in [0, 0.1) is 5.92 Å². The summed E-state index contributed by atoms with van der Waals surface area (Å²) in [6, 6.07) is 8.42. The first-order chi connectivity index (χ1) is 14.0. The molecule has 1 amide bonds. The highest BCUT2D eigenvalue weighted by atomic mass is 32.2. The van der Waals surface area contributed by atoms with Crippen LogP contribution in [0.25, 0.3) is 0 Å². The fourth-order valence-corrected chi connectivity index (χ4v) is 5.14. The molecule has 154 valence electrons. The van der Waals surface area contributed by atoms with Crippen LogP contribution >= 0.6 is 0 Å². The van der Waals surface area contributed by atoms with Gasteiger partial charge in [-0.15, -0.1) is 4.40 Å². The molecule has 2 aliphatic rings. The summed E-state index contributed by atoms with van der Waals surface area (Å²) >= 11 is 0. The summed E-state index contributed by atoms with van der Waals surface area (Å²) in [4.78, 5) is 14.4. The van der Waals surface area contributed by atoms with E-state index in [1.54, 1.807) is 24.3 Å². The minimum absolute atomic E-state index is 0.00673. The molecule has 0 saturated heterocycles. The molecule has 1 fully saturated rings. The topological polar surface area (TPSA) is 92.0 Å². The molecule has 0 unspecified atom stereocenters. The Morgan fingerprint density at radius 2 is 2.07 bits per heavy atom. The number of nitrogens with one attached hydrogen (secondary N) is 1. The maximum atomic E-state index is 12.9. The molecule has 1 aliphatic carbocycles. The van der Waals surface area contributed by atoms with E-state index < -0.39 is 10.0 Å². The van der Waals surface area contributed by atoms with Crippen molar-refractivity contribution in [3.05, 3.63) is 42.4 Å². The van der Waals surface area contributed by atoms with Crippen molar-refractivity contribution in [1.29, 1.82) is 0 Å². The molecule has 0 bridgehead atoms. The maximum absolute atomic E-state index is 12.9. The van der Waals surface area contributed by atoms with Crippen LogP contribution in [-0.2, 0) is 14.8 Å². The van der Waals surface area contributed by atoms with Gasteiger partial charge >= 0.3 is 0 Å². The number of hydrogen-bond acceptors (Lipinski definition) is 5. The number of sulfonamides is 1. The second-order valence-electron chi connectivity index (χ2n) is 7.53. The molecular weight excluding hydrogens is 390 g/mol. The molecule has 7 nitrogen and oxygen atoms in total. The van der Waals surface area contributed by atoms with E-state index in [0.717, 1.165) is 38.5 Å². The first-order valence-electron chi connectivity index (χ1n) is 10.1. The number of amidine groups is 1. The zero-order chi connectivity index (χ0) is 20.4. The smallest absolute Gasteiger partial charge is 0.286 e. The number of hydrogen-bond donors (Lipinski definition) is 1. The molecule has 1 saturated carbocycles. The van der Waals surface area contributed by atoms with Crippen LogP contribution in [0.2, 0.25) is 0 Å². The normalized spacial score (nSPS) is 18.4. The van der Waals surface area contributed by atoms with Gasteiger partial charge in [0.1, 0.15) is 4.90 Å². The van der Waals surface area contributed by atoms with E-state index in [4.69, 9.17) is 4.42 Å². The number of benzene rings is 1. The highest BCUT2D eigenvalue weighted by molar-refractivity contribution is 7.90. The number of unbranched alkanes of at least 4 members (excludes halogenated alkanes) is 1. The monoisotopic (exact) mass is 415 g/mol. The maximum Gasteiger partial charge on any atom is 0.286 e. The van der Waals surface area contributed by atoms with Gasteiger partial charge in [-0.05, 0) is 49.6 Å². The summed E-state index contributed by atoms with van der Waals surface area (Å²) in [5.41, 5.74) is 1.04. The minimum Gasteiger partial charge on any atom is -0.461 e. The molecule has 1 aromatic carbocycles. The Morgan fingerprint density at radius 3 is 2.76 bits per heavy atom. The number of nitrogens with zero attached hydrogens (tertiary/aromatic N) is 2. The van der Waals surface area contributed by atoms with Crippen LogP contribution in [0.1, 0.15) is 51.2 Å². The molecule has 1 aliphatic heterocycles. The molecule has 1 aromatic heterocycles. The minimum atomic E-state index is -3.92. The van der Waals surface area contributed by atoms with Crippen molar-refractivity contribution in [3.63, 3.8) is 0 Å². The van der Waals surface area contributed by atoms with Gasteiger partial charge < -0.3 is 14.6 Å². The van der Waals surface area contributed by atoms with Crippen molar-refractivity contribution < 1.29 is 17.6 Å². The van der Waals surface area contributed by atoms with E-state index in [9.17, 15) is 13.2 Å². The van der Waals surface area contributed by atoms with E-state index in [1.165, 1.54) is 12.3 Å². The summed E-state index contributed by atoms with van der Waals surface area (Å²) < 4.78 is 35.3. The molecule has 4 rings (SSSR count). The number of rotatable bonds is 6. The lowest BCUT2D eigenvalue weighted by Gasteiger charge is -2.30. The fraction of sp³-hybridized carbons (Fsp3) is 0.429. The quantitative estimate of drug-likeness (QED) is 0.765. The van der Waals surface area contributed by atoms with Gasteiger partial charge in [-0.3, -0.25) is 4.79 Å². The Bertz CT molecular complexity index is 1020. The summed E-state index contributed by atoms with van der Waals surface area (Å²) in [7, 11) is -3.92. The van der Waals surface area contributed by atoms with Gasteiger partial charge in [0, 0.05) is 18.2 Å². The van der Waals surface area contributed by atoms with Gasteiger partial charge in [-0.2, -0.15) is 8.42 Å².